The summed E-state index contributed by atoms with van der Waals surface area (Å²) in [5.74, 6) is -1.24. The summed E-state index contributed by atoms with van der Waals surface area (Å²) < 4.78 is 7.55. The van der Waals surface area contributed by atoms with E-state index in [1.165, 1.54) is 0 Å². The summed E-state index contributed by atoms with van der Waals surface area (Å²) in [6.07, 6.45) is 2.62. The molecule has 2 heterocycles. The number of amides is 3. The highest BCUT2D eigenvalue weighted by atomic mass is 35.5. The van der Waals surface area contributed by atoms with Crippen LogP contribution in [0.2, 0.25) is 5.02 Å². The fraction of sp³-hybridized carbons (Fsp3) is 0.370. The largest absolute Gasteiger partial charge is 0.493 e. The number of aryl methyl sites for hydroxylation is 1. The summed E-state index contributed by atoms with van der Waals surface area (Å²) in [7, 11) is 0. The van der Waals surface area contributed by atoms with Crippen LogP contribution < -0.4 is 20.7 Å². The highest BCUT2D eigenvalue weighted by Gasteiger charge is 2.30. The van der Waals surface area contributed by atoms with Gasteiger partial charge in [-0.2, -0.15) is 0 Å². The van der Waals surface area contributed by atoms with Crippen molar-refractivity contribution >= 4 is 29.3 Å². The van der Waals surface area contributed by atoms with Crippen molar-refractivity contribution in [3.05, 3.63) is 76.6 Å². The number of hydrogen-bond donors (Lipinski definition) is 3. The first-order chi connectivity index (χ1) is 18.3. The van der Waals surface area contributed by atoms with Crippen LogP contribution in [0.5, 0.6) is 5.75 Å². The first-order valence-corrected chi connectivity index (χ1v) is 12.9. The number of ether oxygens (including phenoxy) is 1. The number of hydrogen-bond acceptors (Lipinski definition) is 6. The summed E-state index contributed by atoms with van der Waals surface area (Å²) in [6.45, 7) is 4.65. The van der Waals surface area contributed by atoms with E-state index in [2.05, 4.69) is 26.3 Å². The molecule has 0 spiro atoms. The molecule has 0 fully saturated rings. The number of carbonyl (C=O) groups excluding carboxylic acids is 3. The van der Waals surface area contributed by atoms with E-state index in [-0.39, 0.29) is 30.4 Å². The van der Waals surface area contributed by atoms with E-state index in [1.54, 1.807) is 29.1 Å². The smallest absolute Gasteiger partial charge is 0.255 e. The van der Waals surface area contributed by atoms with Crippen LogP contribution in [-0.2, 0) is 29.1 Å². The van der Waals surface area contributed by atoms with E-state index in [1.807, 2.05) is 44.2 Å². The maximum absolute atomic E-state index is 13.4. The molecule has 0 saturated heterocycles. The standard InChI is InChI=1S/C27H31ClN6O4/c1-17(2)24-27(37)30-22(13-18-7-4-3-5-8-18)26(36)29-15-20-16-34(33-32-20)11-6-12-38-23-14-19(28)9-10-21(23)25(35)31-24/h3-5,7-10,14,16-17,22,24H,6,11-13,15H2,1-2H3,(H,29,36)(H,30,37)(H,31,35)/t22-,24+/m1/s1. The molecule has 1 aromatic heterocycles. The van der Waals surface area contributed by atoms with Crippen LogP contribution in [0.4, 0.5) is 0 Å². The Morgan fingerprint density at radius 3 is 2.63 bits per heavy atom. The molecular formula is C27H31ClN6O4. The van der Waals surface area contributed by atoms with Crippen LogP contribution in [0, 0.1) is 5.92 Å². The van der Waals surface area contributed by atoms with Crippen LogP contribution in [0.15, 0.2) is 54.7 Å². The third kappa shape index (κ3) is 7.10. The molecular weight excluding hydrogens is 508 g/mol. The van der Waals surface area contributed by atoms with Crippen LogP contribution in [-0.4, -0.2) is 51.4 Å². The van der Waals surface area contributed by atoms with Gasteiger partial charge in [0.05, 0.1) is 24.9 Å². The van der Waals surface area contributed by atoms with E-state index in [4.69, 9.17) is 16.3 Å². The van der Waals surface area contributed by atoms with Gasteiger partial charge in [-0.05, 0) is 29.7 Å². The zero-order valence-corrected chi connectivity index (χ0v) is 22.1. The van der Waals surface area contributed by atoms with Gasteiger partial charge in [-0.15, -0.1) is 5.10 Å². The molecule has 1 aliphatic rings. The average molecular weight is 539 g/mol. The maximum Gasteiger partial charge on any atom is 0.255 e. The van der Waals surface area contributed by atoms with Crippen molar-refractivity contribution in [2.45, 2.75) is 51.9 Å². The van der Waals surface area contributed by atoms with Crippen molar-refractivity contribution in [1.82, 2.24) is 30.9 Å². The Labute approximate surface area is 226 Å². The van der Waals surface area contributed by atoms with Crippen LogP contribution in [0.25, 0.3) is 0 Å². The molecule has 10 nitrogen and oxygen atoms in total. The summed E-state index contributed by atoms with van der Waals surface area (Å²) in [5.41, 5.74) is 1.74. The minimum absolute atomic E-state index is 0.159. The first kappa shape index (κ1) is 27.1. The fourth-order valence-corrected chi connectivity index (χ4v) is 4.28. The number of carbonyl (C=O) groups is 3. The van der Waals surface area contributed by atoms with E-state index < -0.39 is 23.9 Å². The normalized spacial score (nSPS) is 19.3. The lowest BCUT2D eigenvalue weighted by Gasteiger charge is -2.26. The summed E-state index contributed by atoms with van der Waals surface area (Å²) in [4.78, 5) is 39.9. The highest BCUT2D eigenvalue weighted by Crippen LogP contribution is 2.24. The molecule has 3 N–H and O–H groups in total. The summed E-state index contributed by atoms with van der Waals surface area (Å²) in [6, 6.07) is 12.4. The molecule has 200 valence electrons. The first-order valence-electron chi connectivity index (χ1n) is 12.5. The Hall–Kier alpha value is -3.92. The van der Waals surface area contributed by atoms with E-state index in [9.17, 15) is 14.4 Å². The van der Waals surface area contributed by atoms with Gasteiger partial charge in [0.2, 0.25) is 11.8 Å². The second kappa shape index (κ2) is 12.6. The molecule has 2 aromatic carbocycles. The van der Waals surface area contributed by atoms with Gasteiger partial charge in [-0.3, -0.25) is 19.1 Å². The maximum atomic E-state index is 13.4. The number of fused-ring (bicyclic) bond motifs is 3. The number of benzene rings is 2. The molecule has 2 bridgehead atoms. The molecule has 3 aromatic rings. The van der Waals surface area contributed by atoms with Crippen molar-refractivity contribution in [3.8, 4) is 5.75 Å². The van der Waals surface area contributed by atoms with Gasteiger partial charge in [0.1, 0.15) is 23.5 Å². The number of rotatable bonds is 3. The van der Waals surface area contributed by atoms with E-state index >= 15 is 0 Å². The van der Waals surface area contributed by atoms with Gasteiger partial charge in [0, 0.05) is 24.4 Å². The van der Waals surface area contributed by atoms with Crippen molar-refractivity contribution in [2.24, 2.45) is 5.92 Å². The second-order valence-corrected chi connectivity index (χ2v) is 9.92. The lowest BCUT2D eigenvalue weighted by atomic mass is 10.0. The Balaban J connectivity index is 1.64. The highest BCUT2D eigenvalue weighted by molar-refractivity contribution is 6.30. The van der Waals surface area contributed by atoms with Crippen LogP contribution >= 0.6 is 11.6 Å². The molecule has 4 rings (SSSR count). The van der Waals surface area contributed by atoms with Gasteiger partial charge >= 0.3 is 0 Å². The molecule has 38 heavy (non-hydrogen) atoms. The van der Waals surface area contributed by atoms with Crippen molar-refractivity contribution in [1.29, 1.82) is 0 Å². The van der Waals surface area contributed by atoms with Gasteiger partial charge in [-0.1, -0.05) is 61.0 Å². The lowest BCUT2D eigenvalue weighted by molar-refractivity contribution is -0.130. The molecule has 2 atom stereocenters. The number of halogens is 1. The minimum atomic E-state index is -0.893. The Morgan fingerprint density at radius 1 is 1.08 bits per heavy atom. The van der Waals surface area contributed by atoms with Crippen molar-refractivity contribution < 1.29 is 19.1 Å². The van der Waals surface area contributed by atoms with E-state index in [0.29, 0.717) is 36.0 Å². The molecule has 0 unspecified atom stereocenters. The lowest BCUT2D eigenvalue weighted by Crippen LogP contribution is -2.56. The fourth-order valence-electron chi connectivity index (χ4n) is 4.12. The molecule has 3 amide bonds. The molecule has 0 radical (unpaired) electrons. The summed E-state index contributed by atoms with van der Waals surface area (Å²) in [5, 5.41) is 17.2. The quantitative estimate of drug-likeness (QED) is 0.470. The molecule has 1 aliphatic heterocycles. The molecule has 0 aliphatic carbocycles. The SMILES string of the molecule is CC(C)[C@@H]1NC(=O)c2ccc(Cl)cc2OCCCn2cc(nn2)CNC(=O)[C@@H](Cc2ccccc2)NC1=O. The Morgan fingerprint density at radius 2 is 1.87 bits per heavy atom. The second-order valence-electron chi connectivity index (χ2n) is 9.48. The Kier molecular flexibility index (Phi) is 8.96. The number of nitrogens with zero attached hydrogens (tertiary/aromatic N) is 3. The van der Waals surface area contributed by atoms with Gasteiger partial charge in [-0.25, -0.2) is 0 Å². The zero-order chi connectivity index (χ0) is 27.1. The van der Waals surface area contributed by atoms with Gasteiger partial charge in [0.15, 0.2) is 0 Å². The van der Waals surface area contributed by atoms with E-state index in [0.717, 1.165) is 5.56 Å². The average Bonchev–Trinajstić information content (AvgIpc) is 3.35. The van der Waals surface area contributed by atoms with Crippen molar-refractivity contribution in [2.75, 3.05) is 6.61 Å². The predicted molar refractivity (Wildman–Crippen MR) is 142 cm³/mol. The van der Waals surface area contributed by atoms with Crippen molar-refractivity contribution in [3.63, 3.8) is 0 Å². The predicted octanol–water partition coefficient (Wildman–Crippen LogP) is 2.51. The van der Waals surface area contributed by atoms with Crippen LogP contribution in [0.3, 0.4) is 0 Å². The third-order valence-electron chi connectivity index (χ3n) is 6.16. The van der Waals surface area contributed by atoms with Crippen LogP contribution in [0.1, 0.15) is 41.9 Å². The molecule has 0 saturated carbocycles. The minimum Gasteiger partial charge on any atom is -0.493 e. The number of nitrogens with one attached hydrogen (secondary N) is 3. The Bertz CT molecular complexity index is 1280. The van der Waals surface area contributed by atoms with Gasteiger partial charge < -0.3 is 20.7 Å². The van der Waals surface area contributed by atoms with Gasteiger partial charge in [0.25, 0.3) is 5.91 Å². The third-order valence-corrected chi connectivity index (χ3v) is 6.39. The topological polar surface area (TPSA) is 127 Å². The summed E-state index contributed by atoms with van der Waals surface area (Å²) >= 11 is 6.16. The zero-order valence-electron chi connectivity index (χ0n) is 21.3. The number of aromatic nitrogens is 3. The molecule has 11 heteroatoms. The monoisotopic (exact) mass is 538 g/mol.